The van der Waals surface area contributed by atoms with Crippen molar-refractivity contribution in [3.8, 4) is 0 Å². The number of hydrogen-bond donors (Lipinski definition) is 2. The van der Waals surface area contributed by atoms with Gasteiger partial charge in [0.15, 0.2) is 0 Å². The zero-order valence-electron chi connectivity index (χ0n) is 8.88. The SMILES string of the molecule is CC1CCCCC1NC(=O)NC1CC1. The molecule has 0 radical (unpaired) electrons. The lowest BCUT2D eigenvalue weighted by molar-refractivity contribution is 0.221. The molecule has 0 heterocycles. The minimum Gasteiger partial charge on any atom is -0.335 e. The van der Waals surface area contributed by atoms with Crippen molar-refractivity contribution in [3.63, 3.8) is 0 Å². The van der Waals surface area contributed by atoms with Crippen molar-refractivity contribution < 1.29 is 4.79 Å². The molecule has 0 spiro atoms. The van der Waals surface area contributed by atoms with Gasteiger partial charge in [0, 0.05) is 12.1 Å². The van der Waals surface area contributed by atoms with Crippen LogP contribution in [-0.2, 0) is 0 Å². The fourth-order valence-corrected chi connectivity index (χ4v) is 2.15. The van der Waals surface area contributed by atoms with Crippen LogP contribution in [0.15, 0.2) is 0 Å². The molecule has 2 N–H and O–H groups in total. The van der Waals surface area contributed by atoms with Crippen LogP contribution in [0.25, 0.3) is 0 Å². The highest BCUT2D eigenvalue weighted by atomic mass is 16.2. The van der Waals surface area contributed by atoms with Crippen LogP contribution in [-0.4, -0.2) is 18.1 Å². The Morgan fingerprint density at radius 2 is 1.79 bits per heavy atom. The van der Waals surface area contributed by atoms with Gasteiger partial charge in [-0.25, -0.2) is 4.79 Å². The van der Waals surface area contributed by atoms with E-state index in [9.17, 15) is 4.79 Å². The van der Waals surface area contributed by atoms with Crippen molar-refractivity contribution in [1.29, 1.82) is 0 Å². The average Bonchev–Trinajstić information content (AvgIpc) is 2.93. The molecule has 2 aliphatic carbocycles. The molecule has 0 saturated heterocycles. The van der Waals surface area contributed by atoms with E-state index >= 15 is 0 Å². The maximum absolute atomic E-state index is 11.5. The third-order valence-electron chi connectivity index (χ3n) is 3.34. The predicted octanol–water partition coefficient (Wildman–Crippen LogP) is 2.03. The van der Waals surface area contributed by atoms with Crippen LogP contribution in [0, 0.1) is 5.92 Å². The summed E-state index contributed by atoms with van der Waals surface area (Å²) in [4.78, 5) is 11.5. The van der Waals surface area contributed by atoms with Gasteiger partial charge in [-0.1, -0.05) is 19.8 Å². The molecule has 2 unspecified atom stereocenters. The number of hydrogen-bond acceptors (Lipinski definition) is 1. The van der Waals surface area contributed by atoms with Gasteiger partial charge in [-0.3, -0.25) is 0 Å². The van der Waals surface area contributed by atoms with Crippen LogP contribution < -0.4 is 10.6 Å². The lowest BCUT2D eigenvalue weighted by atomic mass is 9.86. The first kappa shape index (κ1) is 9.81. The molecule has 2 fully saturated rings. The fraction of sp³-hybridized carbons (Fsp3) is 0.909. The van der Waals surface area contributed by atoms with Crippen LogP contribution >= 0.6 is 0 Å². The summed E-state index contributed by atoms with van der Waals surface area (Å²) in [5.74, 6) is 0.647. The smallest absolute Gasteiger partial charge is 0.315 e. The van der Waals surface area contributed by atoms with Crippen LogP contribution in [0.5, 0.6) is 0 Å². The van der Waals surface area contributed by atoms with E-state index < -0.39 is 0 Å². The van der Waals surface area contributed by atoms with Gasteiger partial charge < -0.3 is 10.6 Å². The first-order valence-corrected chi connectivity index (χ1v) is 5.83. The first-order valence-electron chi connectivity index (χ1n) is 5.83. The van der Waals surface area contributed by atoms with Crippen molar-refractivity contribution >= 4 is 6.03 Å². The molecule has 0 aromatic heterocycles. The number of amides is 2. The van der Waals surface area contributed by atoms with Gasteiger partial charge >= 0.3 is 6.03 Å². The summed E-state index contributed by atoms with van der Waals surface area (Å²) >= 11 is 0. The van der Waals surface area contributed by atoms with Gasteiger partial charge in [0.1, 0.15) is 0 Å². The Morgan fingerprint density at radius 1 is 1.07 bits per heavy atom. The molecule has 0 aromatic rings. The number of urea groups is 1. The molecule has 2 amide bonds. The second kappa shape index (κ2) is 4.20. The summed E-state index contributed by atoms with van der Waals surface area (Å²) in [5.41, 5.74) is 0. The maximum Gasteiger partial charge on any atom is 0.315 e. The van der Waals surface area contributed by atoms with Gasteiger partial charge in [-0.15, -0.1) is 0 Å². The highest BCUT2D eigenvalue weighted by molar-refractivity contribution is 5.74. The summed E-state index contributed by atoms with van der Waals surface area (Å²) in [6.07, 6.45) is 7.32. The molecule has 3 nitrogen and oxygen atoms in total. The number of carbonyl (C=O) groups excluding carboxylic acids is 1. The van der Waals surface area contributed by atoms with Crippen LogP contribution in [0.3, 0.4) is 0 Å². The third-order valence-corrected chi connectivity index (χ3v) is 3.34. The topological polar surface area (TPSA) is 41.1 Å². The van der Waals surface area contributed by atoms with Crippen molar-refractivity contribution in [2.45, 2.75) is 57.5 Å². The average molecular weight is 196 g/mol. The standard InChI is InChI=1S/C11H20N2O/c1-8-4-2-3-5-10(8)13-11(14)12-9-6-7-9/h8-10H,2-7H2,1H3,(H2,12,13,14). The van der Waals surface area contributed by atoms with E-state index in [1.807, 2.05) is 0 Å². The molecule has 2 aliphatic rings. The van der Waals surface area contributed by atoms with E-state index in [0.29, 0.717) is 18.0 Å². The molecule has 3 heteroatoms. The van der Waals surface area contributed by atoms with E-state index in [1.54, 1.807) is 0 Å². The Balaban J connectivity index is 1.73. The van der Waals surface area contributed by atoms with Gasteiger partial charge in [-0.2, -0.15) is 0 Å². The van der Waals surface area contributed by atoms with Crippen LogP contribution in [0.1, 0.15) is 45.4 Å². The summed E-state index contributed by atoms with van der Waals surface area (Å²) in [6, 6.07) is 0.919. The highest BCUT2D eigenvalue weighted by Crippen LogP contribution is 2.24. The van der Waals surface area contributed by atoms with Crippen LogP contribution in [0.4, 0.5) is 4.79 Å². The van der Waals surface area contributed by atoms with Gasteiger partial charge in [0.2, 0.25) is 0 Å². The molecule has 80 valence electrons. The second-order valence-electron chi connectivity index (χ2n) is 4.76. The molecule has 0 aliphatic heterocycles. The Labute approximate surface area is 85.6 Å². The van der Waals surface area contributed by atoms with Crippen molar-refractivity contribution in [2.24, 2.45) is 5.92 Å². The monoisotopic (exact) mass is 196 g/mol. The van der Waals surface area contributed by atoms with E-state index in [-0.39, 0.29) is 6.03 Å². The Kier molecular flexibility index (Phi) is 2.94. The quantitative estimate of drug-likeness (QED) is 0.697. The maximum atomic E-state index is 11.5. The zero-order valence-corrected chi connectivity index (χ0v) is 8.88. The van der Waals surface area contributed by atoms with Crippen molar-refractivity contribution in [1.82, 2.24) is 10.6 Å². The van der Waals surface area contributed by atoms with Gasteiger partial charge in [-0.05, 0) is 31.6 Å². The summed E-state index contributed by atoms with van der Waals surface area (Å²) < 4.78 is 0. The number of rotatable bonds is 2. The van der Waals surface area contributed by atoms with E-state index in [2.05, 4.69) is 17.6 Å². The van der Waals surface area contributed by atoms with E-state index in [1.165, 1.54) is 19.3 Å². The number of nitrogens with one attached hydrogen (secondary N) is 2. The second-order valence-corrected chi connectivity index (χ2v) is 4.76. The lowest BCUT2D eigenvalue weighted by Gasteiger charge is -2.29. The third kappa shape index (κ3) is 2.63. The Bertz CT molecular complexity index is 213. The highest BCUT2D eigenvalue weighted by Gasteiger charge is 2.26. The van der Waals surface area contributed by atoms with E-state index in [0.717, 1.165) is 19.3 Å². The summed E-state index contributed by atoms with van der Waals surface area (Å²) in [7, 11) is 0. The first-order chi connectivity index (χ1) is 6.75. The summed E-state index contributed by atoms with van der Waals surface area (Å²) in [6.45, 7) is 2.24. The Hall–Kier alpha value is -0.730. The van der Waals surface area contributed by atoms with E-state index in [4.69, 9.17) is 0 Å². The number of carbonyl (C=O) groups is 1. The van der Waals surface area contributed by atoms with Crippen LogP contribution in [0.2, 0.25) is 0 Å². The van der Waals surface area contributed by atoms with Gasteiger partial charge in [0.25, 0.3) is 0 Å². The molecule has 0 bridgehead atoms. The van der Waals surface area contributed by atoms with Gasteiger partial charge in [0.05, 0.1) is 0 Å². The van der Waals surface area contributed by atoms with Crippen molar-refractivity contribution in [2.75, 3.05) is 0 Å². The Morgan fingerprint density at radius 3 is 2.43 bits per heavy atom. The largest absolute Gasteiger partial charge is 0.335 e. The molecule has 0 aromatic carbocycles. The minimum absolute atomic E-state index is 0.0475. The molecular weight excluding hydrogens is 176 g/mol. The van der Waals surface area contributed by atoms with Crippen molar-refractivity contribution in [3.05, 3.63) is 0 Å². The normalized spacial score (nSPS) is 32.4. The lowest BCUT2D eigenvalue weighted by Crippen LogP contribution is -2.46. The predicted molar refractivity (Wildman–Crippen MR) is 56.1 cm³/mol. The molecule has 14 heavy (non-hydrogen) atoms. The molecule has 2 rings (SSSR count). The fourth-order valence-electron chi connectivity index (χ4n) is 2.15. The zero-order chi connectivity index (χ0) is 9.97. The summed E-state index contributed by atoms with van der Waals surface area (Å²) in [5, 5.41) is 6.06. The minimum atomic E-state index is 0.0475. The molecule has 2 atom stereocenters. The molecular formula is C11H20N2O. The molecule has 2 saturated carbocycles.